The van der Waals surface area contributed by atoms with Crippen molar-refractivity contribution in [2.24, 2.45) is 0 Å². The monoisotopic (exact) mass is 566 g/mol. The van der Waals surface area contributed by atoms with E-state index in [0.717, 1.165) is 17.8 Å². The summed E-state index contributed by atoms with van der Waals surface area (Å²) in [5.74, 6) is 0. The number of benzene rings is 5. The normalized spacial score (nSPS) is 11.8. The van der Waals surface area contributed by atoms with Crippen LogP contribution in [0, 0.1) is 13.8 Å². The summed E-state index contributed by atoms with van der Waals surface area (Å²) in [6.45, 7) is 17.9. The molecule has 0 spiro atoms. The predicted octanol–water partition coefficient (Wildman–Crippen LogP) is 11.6. The zero-order valence-corrected chi connectivity index (χ0v) is 27.1. The summed E-state index contributed by atoms with van der Waals surface area (Å²) in [6, 6.07) is 44.7. The summed E-state index contributed by atoms with van der Waals surface area (Å²) in [5, 5.41) is 0. The smallest absolute Gasteiger partial charge is 0.0464 e. The van der Waals surface area contributed by atoms with Crippen LogP contribution in [0.3, 0.4) is 0 Å². The molecule has 0 bridgehead atoms. The Balaban J connectivity index is 1.40. The first-order valence-electron chi connectivity index (χ1n) is 15.4. The molecule has 0 aliphatic heterocycles. The predicted molar refractivity (Wildman–Crippen MR) is 187 cm³/mol. The van der Waals surface area contributed by atoms with Gasteiger partial charge in [0.15, 0.2) is 0 Å². The van der Waals surface area contributed by atoms with Gasteiger partial charge in [0, 0.05) is 34.0 Å². The molecule has 0 aliphatic rings. The van der Waals surface area contributed by atoms with Crippen molar-refractivity contribution in [1.82, 2.24) is 0 Å². The second kappa shape index (κ2) is 12.1. The van der Waals surface area contributed by atoms with E-state index in [4.69, 9.17) is 0 Å². The molecule has 5 aromatic carbocycles. The quantitative estimate of drug-likeness (QED) is 0.193. The lowest BCUT2D eigenvalue weighted by atomic mass is 9.87. The molecule has 0 N–H and O–H groups in total. The lowest BCUT2D eigenvalue weighted by Crippen LogP contribution is -2.37. The Kier molecular flexibility index (Phi) is 8.51. The molecule has 5 rings (SSSR count). The maximum absolute atomic E-state index is 2.42. The van der Waals surface area contributed by atoms with Gasteiger partial charge < -0.3 is 9.80 Å². The number of hydrogen-bond acceptors (Lipinski definition) is 2. The van der Waals surface area contributed by atoms with E-state index >= 15 is 0 Å². The molecule has 0 unspecified atom stereocenters. The van der Waals surface area contributed by atoms with Gasteiger partial charge in [-0.15, -0.1) is 0 Å². The Morgan fingerprint density at radius 3 is 1.33 bits per heavy atom. The molecule has 0 saturated carbocycles. The van der Waals surface area contributed by atoms with Gasteiger partial charge in [-0.2, -0.15) is 0 Å². The van der Waals surface area contributed by atoms with Gasteiger partial charge in [0.1, 0.15) is 0 Å². The Labute approximate surface area is 259 Å². The molecule has 43 heavy (non-hydrogen) atoms. The standard InChI is InChI=1S/C41H46N2/c1-30-12-20-35(21-13-30)42(39-11-9-10-34(29-39)40(3,4)5)36-24-16-32(17-25-36)28-33-18-26-38(27-19-33)43(41(6,7)8)37-22-14-31(2)15-23-37/h9-27,29H,28H2,1-8H3. The fourth-order valence-electron chi connectivity index (χ4n) is 5.63. The highest BCUT2D eigenvalue weighted by Crippen LogP contribution is 2.37. The van der Waals surface area contributed by atoms with Crippen molar-refractivity contribution in [3.8, 4) is 0 Å². The van der Waals surface area contributed by atoms with E-state index in [1.807, 2.05) is 0 Å². The maximum Gasteiger partial charge on any atom is 0.0464 e. The highest BCUT2D eigenvalue weighted by atomic mass is 15.2. The zero-order chi connectivity index (χ0) is 30.8. The van der Waals surface area contributed by atoms with Crippen LogP contribution in [0.25, 0.3) is 0 Å². The van der Waals surface area contributed by atoms with Crippen LogP contribution in [-0.2, 0) is 11.8 Å². The third kappa shape index (κ3) is 7.20. The Morgan fingerprint density at radius 2 is 0.884 bits per heavy atom. The Morgan fingerprint density at radius 1 is 0.465 bits per heavy atom. The van der Waals surface area contributed by atoms with Crippen LogP contribution >= 0.6 is 0 Å². The molecule has 5 aromatic rings. The van der Waals surface area contributed by atoms with Crippen molar-refractivity contribution in [2.75, 3.05) is 9.80 Å². The van der Waals surface area contributed by atoms with E-state index in [9.17, 15) is 0 Å². The van der Waals surface area contributed by atoms with Gasteiger partial charge >= 0.3 is 0 Å². The molecule has 0 fully saturated rings. The number of anilines is 5. The molecule has 2 nitrogen and oxygen atoms in total. The number of rotatable bonds is 7. The number of hydrogen-bond donors (Lipinski definition) is 0. The topological polar surface area (TPSA) is 6.48 Å². The van der Waals surface area contributed by atoms with Gasteiger partial charge in [-0.3, -0.25) is 0 Å². The first kappa shape index (κ1) is 30.2. The molecule has 220 valence electrons. The Hall–Kier alpha value is -4.30. The molecule has 0 amide bonds. The van der Waals surface area contributed by atoms with Crippen molar-refractivity contribution < 1.29 is 0 Å². The van der Waals surface area contributed by atoms with Gasteiger partial charge in [-0.1, -0.05) is 92.6 Å². The minimum absolute atomic E-state index is 0.0394. The van der Waals surface area contributed by atoms with Crippen molar-refractivity contribution in [2.45, 2.75) is 72.8 Å². The fraction of sp³-hybridized carbons (Fsp3) is 0.268. The van der Waals surface area contributed by atoms with Crippen LogP contribution in [-0.4, -0.2) is 5.54 Å². The summed E-state index contributed by atoms with van der Waals surface area (Å²) >= 11 is 0. The van der Waals surface area contributed by atoms with Crippen LogP contribution in [0.15, 0.2) is 121 Å². The van der Waals surface area contributed by atoms with Gasteiger partial charge in [-0.25, -0.2) is 0 Å². The van der Waals surface area contributed by atoms with E-state index in [1.54, 1.807) is 0 Å². The van der Waals surface area contributed by atoms with Crippen molar-refractivity contribution >= 4 is 28.4 Å². The summed E-state index contributed by atoms with van der Waals surface area (Å²) in [6.07, 6.45) is 0.894. The van der Waals surface area contributed by atoms with Gasteiger partial charge in [0.2, 0.25) is 0 Å². The SMILES string of the molecule is Cc1ccc(N(c2ccc(Cc3ccc(N(c4ccc(C)cc4)C(C)(C)C)cc3)cc2)c2cccc(C(C)(C)C)c2)cc1. The van der Waals surface area contributed by atoms with Gasteiger partial charge in [0.25, 0.3) is 0 Å². The van der Waals surface area contributed by atoms with E-state index in [0.29, 0.717) is 0 Å². The van der Waals surface area contributed by atoms with Gasteiger partial charge in [-0.05, 0) is 124 Å². The highest BCUT2D eigenvalue weighted by Gasteiger charge is 2.23. The maximum atomic E-state index is 2.42. The van der Waals surface area contributed by atoms with Crippen molar-refractivity contribution in [3.05, 3.63) is 149 Å². The minimum Gasteiger partial charge on any atom is -0.336 e. The molecule has 0 radical (unpaired) electrons. The largest absolute Gasteiger partial charge is 0.336 e. The summed E-state index contributed by atoms with van der Waals surface area (Å²) in [5.41, 5.74) is 12.4. The lowest BCUT2D eigenvalue weighted by Gasteiger charge is -2.38. The average molecular weight is 567 g/mol. The Bertz CT molecular complexity index is 1630. The first-order valence-corrected chi connectivity index (χ1v) is 15.4. The molecule has 0 aromatic heterocycles. The lowest BCUT2D eigenvalue weighted by molar-refractivity contribution is 0.560. The molecule has 0 heterocycles. The summed E-state index contributed by atoms with van der Waals surface area (Å²) < 4.78 is 0. The second-order valence-corrected chi connectivity index (χ2v) is 13.8. The highest BCUT2D eigenvalue weighted by molar-refractivity contribution is 5.77. The number of aryl methyl sites for hydroxylation is 2. The third-order valence-electron chi connectivity index (χ3n) is 8.02. The third-order valence-corrected chi connectivity index (χ3v) is 8.02. The van der Waals surface area contributed by atoms with Crippen LogP contribution < -0.4 is 9.80 Å². The van der Waals surface area contributed by atoms with Crippen LogP contribution in [0.1, 0.15) is 69.4 Å². The summed E-state index contributed by atoms with van der Waals surface area (Å²) in [4.78, 5) is 4.78. The fourth-order valence-corrected chi connectivity index (χ4v) is 5.63. The molecule has 0 saturated heterocycles. The average Bonchev–Trinajstić information content (AvgIpc) is 2.96. The second-order valence-electron chi connectivity index (χ2n) is 13.8. The molecule has 2 heteroatoms. The van der Waals surface area contributed by atoms with Crippen molar-refractivity contribution in [3.63, 3.8) is 0 Å². The molecule has 0 atom stereocenters. The molecular weight excluding hydrogens is 520 g/mol. The minimum atomic E-state index is -0.0394. The van der Waals surface area contributed by atoms with E-state index in [-0.39, 0.29) is 11.0 Å². The van der Waals surface area contributed by atoms with E-state index in [1.165, 1.54) is 44.9 Å². The molecule has 0 aliphatic carbocycles. The van der Waals surface area contributed by atoms with Crippen LogP contribution in [0.4, 0.5) is 28.4 Å². The van der Waals surface area contributed by atoms with E-state index in [2.05, 4.69) is 187 Å². The number of nitrogens with zero attached hydrogens (tertiary/aromatic N) is 2. The van der Waals surface area contributed by atoms with Crippen LogP contribution in [0.5, 0.6) is 0 Å². The summed E-state index contributed by atoms with van der Waals surface area (Å²) in [7, 11) is 0. The molecular formula is C41H46N2. The van der Waals surface area contributed by atoms with Crippen LogP contribution in [0.2, 0.25) is 0 Å². The van der Waals surface area contributed by atoms with Gasteiger partial charge in [0.05, 0.1) is 0 Å². The zero-order valence-electron chi connectivity index (χ0n) is 27.1. The first-order chi connectivity index (χ1) is 20.4. The van der Waals surface area contributed by atoms with Crippen molar-refractivity contribution in [1.29, 1.82) is 0 Å². The van der Waals surface area contributed by atoms with E-state index < -0.39 is 0 Å².